The number of pyridine rings is 1. The number of fused-ring (bicyclic) bond motifs is 3. The summed E-state index contributed by atoms with van der Waals surface area (Å²) in [4.78, 5) is 17.8. The van der Waals surface area contributed by atoms with E-state index in [9.17, 15) is 9.18 Å². The van der Waals surface area contributed by atoms with E-state index in [-0.39, 0.29) is 36.3 Å². The van der Waals surface area contributed by atoms with E-state index < -0.39 is 11.4 Å². The second kappa shape index (κ2) is 12.2. The number of nitrogens with zero attached hydrogens (tertiary/aromatic N) is 5. The first-order valence-electron chi connectivity index (χ1n) is 15.1. The van der Waals surface area contributed by atoms with Gasteiger partial charge in [0.25, 0.3) is 0 Å². The summed E-state index contributed by atoms with van der Waals surface area (Å²) < 4.78 is 33.9. The van der Waals surface area contributed by atoms with Gasteiger partial charge in [-0.25, -0.2) is 14.1 Å². The largest absolute Gasteiger partial charge is 0.460 e. The molecule has 2 aliphatic heterocycles. The molecule has 0 spiro atoms. The molecule has 2 atom stereocenters. The third kappa shape index (κ3) is 7.36. The van der Waals surface area contributed by atoms with Crippen LogP contribution in [0.5, 0.6) is 0 Å². The standard InChI is InChI=1S/C33H42FN5O4/c1-20(2)29-26(16-15-23-18-24(42-33(6,7)41-23)19-27(40)43-32(3,4)5)28(21-11-13-22(34)14-12-21)25-10-8-9-17-39-31(30(25)35-29)36-37-38-39/h11-16,20,23-24H,8-10,17-19H2,1-7H3/t23-,24-/m1/s1. The zero-order valence-electron chi connectivity index (χ0n) is 26.2. The van der Waals surface area contributed by atoms with E-state index in [0.29, 0.717) is 12.2 Å². The van der Waals surface area contributed by atoms with Gasteiger partial charge in [0.1, 0.15) is 17.1 Å². The van der Waals surface area contributed by atoms with Crippen molar-refractivity contribution in [3.8, 4) is 22.6 Å². The minimum absolute atomic E-state index is 0.0749. The van der Waals surface area contributed by atoms with Crippen LogP contribution in [0.25, 0.3) is 28.7 Å². The lowest BCUT2D eigenvalue weighted by Gasteiger charge is -2.40. The number of rotatable bonds is 6. The molecule has 1 fully saturated rings. The van der Waals surface area contributed by atoms with Gasteiger partial charge in [-0.2, -0.15) is 0 Å². The smallest absolute Gasteiger partial charge is 0.308 e. The van der Waals surface area contributed by atoms with Crippen LogP contribution in [0.3, 0.4) is 0 Å². The van der Waals surface area contributed by atoms with Gasteiger partial charge in [-0.15, -0.1) is 5.10 Å². The predicted molar refractivity (Wildman–Crippen MR) is 161 cm³/mol. The number of esters is 1. The van der Waals surface area contributed by atoms with Gasteiger partial charge >= 0.3 is 5.97 Å². The summed E-state index contributed by atoms with van der Waals surface area (Å²) in [5.41, 5.74) is 4.99. The number of aryl methyl sites for hydroxylation is 1. The molecule has 0 saturated carbocycles. The summed E-state index contributed by atoms with van der Waals surface area (Å²) in [5, 5.41) is 12.5. The van der Waals surface area contributed by atoms with Crippen molar-refractivity contribution in [1.29, 1.82) is 0 Å². The summed E-state index contributed by atoms with van der Waals surface area (Å²) in [6, 6.07) is 6.62. The highest BCUT2D eigenvalue weighted by Gasteiger charge is 2.36. The van der Waals surface area contributed by atoms with Crippen LogP contribution in [0.4, 0.5) is 4.39 Å². The molecule has 4 heterocycles. The minimum atomic E-state index is -0.887. The van der Waals surface area contributed by atoms with Crippen LogP contribution in [0.1, 0.15) is 96.9 Å². The van der Waals surface area contributed by atoms with E-state index in [1.54, 1.807) is 0 Å². The van der Waals surface area contributed by atoms with E-state index in [0.717, 1.165) is 59.4 Å². The number of benzene rings is 1. The molecule has 2 aromatic heterocycles. The number of hydrogen-bond acceptors (Lipinski definition) is 8. The van der Waals surface area contributed by atoms with Gasteiger partial charge in [-0.1, -0.05) is 38.1 Å². The van der Waals surface area contributed by atoms with Crippen molar-refractivity contribution in [2.45, 2.75) is 117 Å². The first-order chi connectivity index (χ1) is 20.3. The van der Waals surface area contributed by atoms with Crippen molar-refractivity contribution in [2.75, 3.05) is 0 Å². The molecular weight excluding hydrogens is 549 g/mol. The maximum Gasteiger partial charge on any atom is 0.308 e. The molecule has 43 heavy (non-hydrogen) atoms. The van der Waals surface area contributed by atoms with Gasteiger partial charge in [0, 0.05) is 18.5 Å². The Balaban J connectivity index is 1.59. The molecule has 9 nitrogen and oxygen atoms in total. The van der Waals surface area contributed by atoms with E-state index in [1.807, 2.05) is 57.5 Å². The van der Waals surface area contributed by atoms with E-state index >= 15 is 0 Å². The van der Waals surface area contributed by atoms with Crippen molar-refractivity contribution >= 4 is 12.0 Å². The molecule has 5 rings (SSSR count). The first kappa shape index (κ1) is 30.9. The fourth-order valence-electron chi connectivity index (χ4n) is 5.89. The molecule has 2 aliphatic rings. The van der Waals surface area contributed by atoms with Crippen LogP contribution in [0, 0.1) is 5.82 Å². The molecule has 0 unspecified atom stereocenters. The maximum atomic E-state index is 14.1. The quantitative estimate of drug-likeness (QED) is 0.294. The number of tetrazole rings is 1. The number of carbonyl (C=O) groups excluding carboxylic acids is 1. The third-order valence-electron chi connectivity index (χ3n) is 7.51. The van der Waals surface area contributed by atoms with Crippen molar-refractivity contribution in [1.82, 2.24) is 25.2 Å². The van der Waals surface area contributed by atoms with Crippen molar-refractivity contribution in [3.05, 3.63) is 53.0 Å². The third-order valence-corrected chi connectivity index (χ3v) is 7.51. The normalized spacial score (nSPS) is 20.4. The molecule has 1 saturated heterocycles. The average Bonchev–Trinajstić information content (AvgIpc) is 3.34. The van der Waals surface area contributed by atoms with E-state index in [4.69, 9.17) is 19.2 Å². The number of carbonyl (C=O) groups is 1. The van der Waals surface area contributed by atoms with Crippen molar-refractivity contribution in [2.24, 2.45) is 0 Å². The Hall–Kier alpha value is -3.50. The zero-order valence-corrected chi connectivity index (χ0v) is 26.2. The van der Waals surface area contributed by atoms with Crippen molar-refractivity contribution in [3.63, 3.8) is 0 Å². The Kier molecular flexibility index (Phi) is 8.81. The topological polar surface area (TPSA) is 101 Å². The number of halogens is 1. The number of hydrogen-bond donors (Lipinski definition) is 0. The summed E-state index contributed by atoms with van der Waals surface area (Å²) in [5.74, 6) is -0.755. The van der Waals surface area contributed by atoms with Gasteiger partial charge in [-0.3, -0.25) is 4.79 Å². The summed E-state index contributed by atoms with van der Waals surface area (Å²) in [6.45, 7) is 14.2. The van der Waals surface area contributed by atoms with Crippen LogP contribution < -0.4 is 0 Å². The molecule has 10 heteroatoms. The van der Waals surface area contributed by atoms with Crippen LogP contribution in [0.15, 0.2) is 30.3 Å². The molecule has 1 aromatic carbocycles. The van der Waals surface area contributed by atoms with Crippen LogP contribution in [-0.4, -0.2) is 54.8 Å². The summed E-state index contributed by atoms with van der Waals surface area (Å²) in [7, 11) is 0. The monoisotopic (exact) mass is 591 g/mol. The first-order valence-corrected chi connectivity index (χ1v) is 15.1. The average molecular weight is 592 g/mol. The highest BCUT2D eigenvalue weighted by molar-refractivity contribution is 5.84. The Morgan fingerprint density at radius 2 is 1.93 bits per heavy atom. The second-order valence-corrected chi connectivity index (χ2v) is 13.1. The van der Waals surface area contributed by atoms with Gasteiger partial charge in [-0.05, 0) is 99.0 Å². The molecule has 0 aliphatic carbocycles. The maximum absolute atomic E-state index is 14.1. The van der Waals surface area contributed by atoms with E-state index in [2.05, 4.69) is 35.4 Å². The van der Waals surface area contributed by atoms with Crippen LogP contribution in [-0.2, 0) is 32.0 Å². The molecule has 0 N–H and O–H groups in total. The SMILES string of the molecule is CC(C)c1nc2c(c(-c3ccc(F)cc3)c1C=C[C@@H]1C[C@H](CC(=O)OC(C)(C)C)OC(C)(C)O1)CCCCn1nnnc1-2. The highest BCUT2D eigenvalue weighted by atomic mass is 19.1. The lowest BCUT2D eigenvalue weighted by molar-refractivity contribution is -0.290. The molecular formula is C33H42FN5O4. The highest BCUT2D eigenvalue weighted by Crippen LogP contribution is 2.40. The Morgan fingerprint density at radius 3 is 2.63 bits per heavy atom. The van der Waals surface area contributed by atoms with Gasteiger partial charge in [0.05, 0.1) is 24.3 Å². The molecule has 0 bridgehead atoms. The molecule has 230 valence electrons. The Bertz CT molecular complexity index is 1490. The van der Waals surface area contributed by atoms with Gasteiger partial charge < -0.3 is 14.2 Å². The number of ether oxygens (including phenoxy) is 3. The fourth-order valence-corrected chi connectivity index (χ4v) is 5.89. The van der Waals surface area contributed by atoms with Crippen molar-refractivity contribution < 1.29 is 23.4 Å². The lowest BCUT2D eigenvalue weighted by Crippen LogP contribution is -2.45. The van der Waals surface area contributed by atoms with Gasteiger partial charge in [0.15, 0.2) is 5.79 Å². The predicted octanol–water partition coefficient (Wildman–Crippen LogP) is 6.66. The number of aromatic nitrogens is 5. The molecule has 3 aromatic rings. The molecule has 0 radical (unpaired) electrons. The Labute approximate surface area is 252 Å². The fraction of sp³-hybridized carbons (Fsp3) is 0.545. The van der Waals surface area contributed by atoms with Gasteiger partial charge in [0.2, 0.25) is 5.82 Å². The summed E-state index contributed by atoms with van der Waals surface area (Å²) >= 11 is 0. The minimum Gasteiger partial charge on any atom is -0.460 e. The zero-order chi connectivity index (χ0) is 30.9. The van der Waals surface area contributed by atoms with Crippen LogP contribution in [0.2, 0.25) is 0 Å². The second-order valence-electron chi connectivity index (χ2n) is 13.1. The summed E-state index contributed by atoms with van der Waals surface area (Å²) in [6.07, 6.45) is 6.73. The molecule has 0 amide bonds. The van der Waals surface area contributed by atoms with E-state index in [1.165, 1.54) is 12.1 Å². The Morgan fingerprint density at radius 1 is 1.19 bits per heavy atom. The van der Waals surface area contributed by atoms with Crippen LogP contribution >= 0.6 is 0 Å². The lowest BCUT2D eigenvalue weighted by atomic mass is 9.86.